The third-order valence-electron chi connectivity index (χ3n) is 2.16. The van der Waals surface area contributed by atoms with Gasteiger partial charge in [-0.1, -0.05) is 6.08 Å². The summed E-state index contributed by atoms with van der Waals surface area (Å²) in [5.74, 6) is 0. The summed E-state index contributed by atoms with van der Waals surface area (Å²) in [6, 6.07) is 0. The van der Waals surface area contributed by atoms with E-state index in [2.05, 4.69) is 6.58 Å². The van der Waals surface area contributed by atoms with Gasteiger partial charge in [0.25, 0.3) is 0 Å². The molecule has 0 saturated carbocycles. The first-order valence-electron chi connectivity index (χ1n) is 4.05. The minimum absolute atomic E-state index is 0.407. The van der Waals surface area contributed by atoms with Crippen molar-refractivity contribution >= 4 is 0 Å². The van der Waals surface area contributed by atoms with Crippen molar-refractivity contribution in [3.8, 4) is 0 Å². The first-order valence-corrected chi connectivity index (χ1v) is 4.05. The van der Waals surface area contributed by atoms with Crippen LogP contribution in [0, 0.1) is 0 Å². The number of ether oxygens (including phenoxy) is 1. The third kappa shape index (κ3) is 1.90. The minimum atomic E-state index is -1.31. The van der Waals surface area contributed by atoms with Gasteiger partial charge in [0.2, 0.25) is 0 Å². The lowest BCUT2D eigenvalue weighted by Gasteiger charge is -2.38. The molecule has 0 unspecified atom stereocenters. The van der Waals surface area contributed by atoms with Gasteiger partial charge in [-0.15, -0.1) is 6.58 Å². The van der Waals surface area contributed by atoms with E-state index in [1.54, 1.807) is 0 Å². The van der Waals surface area contributed by atoms with Crippen LogP contribution in [0.4, 0.5) is 0 Å². The zero-order chi connectivity index (χ0) is 10.0. The zero-order valence-electron chi connectivity index (χ0n) is 7.08. The molecular formula is C8H14O5. The molecule has 5 atom stereocenters. The predicted molar refractivity (Wildman–Crippen MR) is 44.0 cm³/mol. The Balaban J connectivity index is 2.71. The molecule has 1 aliphatic heterocycles. The first kappa shape index (κ1) is 10.6. The maximum absolute atomic E-state index is 9.33. The largest absolute Gasteiger partial charge is 0.394 e. The van der Waals surface area contributed by atoms with Crippen LogP contribution in [0.15, 0.2) is 12.7 Å². The number of aliphatic hydroxyl groups is 4. The number of hydrogen-bond donors (Lipinski definition) is 4. The molecule has 1 heterocycles. The second-order valence-corrected chi connectivity index (χ2v) is 3.03. The normalized spacial score (nSPS) is 46.0. The summed E-state index contributed by atoms with van der Waals surface area (Å²) in [6.07, 6.45) is -4.08. The molecule has 1 fully saturated rings. The lowest BCUT2D eigenvalue weighted by atomic mass is 9.95. The van der Waals surface area contributed by atoms with E-state index >= 15 is 0 Å². The lowest BCUT2D eigenvalue weighted by molar-refractivity contribution is -0.216. The fraction of sp³-hybridized carbons (Fsp3) is 0.750. The topological polar surface area (TPSA) is 90.2 Å². The second kappa shape index (κ2) is 4.17. The van der Waals surface area contributed by atoms with Crippen LogP contribution in [0.5, 0.6) is 0 Å². The van der Waals surface area contributed by atoms with E-state index in [1.807, 2.05) is 0 Å². The van der Waals surface area contributed by atoms with Crippen LogP contribution in [0.25, 0.3) is 0 Å². The van der Waals surface area contributed by atoms with Crippen LogP contribution in [-0.2, 0) is 4.74 Å². The average molecular weight is 190 g/mol. The minimum Gasteiger partial charge on any atom is -0.394 e. The maximum Gasteiger partial charge on any atom is 0.112 e. The molecule has 0 aromatic rings. The van der Waals surface area contributed by atoms with E-state index in [0.29, 0.717) is 0 Å². The highest BCUT2D eigenvalue weighted by Gasteiger charge is 2.41. The predicted octanol–water partition coefficient (Wildman–Crippen LogP) is -1.99. The van der Waals surface area contributed by atoms with Gasteiger partial charge in [0.1, 0.15) is 30.5 Å². The van der Waals surface area contributed by atoms with E-state index < -0.39 is 37.1 Å². The van der Waals surface area contributed by atoms with Gasteiger partial charge in [-0.2, -0.15) is 0 Å². The van der Waals surface area contributed by atoms with Crippen molar-refractivity contribution in [3.63, 3.8) is 0 Å². The van der Waals surface area contributed by atoms with Crippen LogP contribution < -0.4 is 0 Å². The Kier molecular flexibility index (Phi) is 3.40. The highest BCUT2D eigenvalue weighted by molar-refractivity contribution is 4.98. The highest BCUT2D eigenvalue weighted by Crippen LogP contribution is 2.21. The van der Waals surface area contributed by atoms with Crippen LogP contribution in [0.1, 0.15) is 0 Å². The van der Waals surface area contributed by atoms with Gasteiger partial charge in [-0.3, -0.25) is 0 Å². The molecule has 0 aliphatic carbocycles. The summed E-state index contributed by atoms with van der Waals surface area (Å²) in [6.45, 7) is 3.00. The standard InChI is InChI=1S/C8H14O5/c1-2-4-6(10)8(12)7(11)5(3-9)13-4/h2,4-12H,1,3H2/t4-,5-,6+,7-,8-/m1/s1. The molecule has 0 radical (unpaired) electrons. The molecule has 1 rings (SSSR count). The Morgan fingerprint density at radius 2 is 1.77 bits per heavy atom. The monoisotopic (exact) mass is 190 g/mol. The Labute approximate surface area is 75.9 Å². The number of aliphatic hydroxyl groups excluding tert-OH is 4. The second-order valence-electron chi connectivity index (χ2n) is 3.03. The van der Waals surface area contributed by atoms with Crippen molar-refractivity contribution in [2.24, 2.45) is 0 Å². The molecule has 4 N–H and O–H groups in total. The molecule has 5 heteroatoms. The first-order chi connectivity index (χ1) is 6.11. The number of hydrogen-bond acceptors (Lipinski definition) is 5. The zero-order valence-corrected chi connectivity index (χ0v) is 7.08. The summed E-state index contributed by atoms with van der Waals surface area (Å²) in [7, 11) is 0. The Morgan fingerprint density at radius 3 is 2.23 bits per heavy atom. The van der Waals surface area contributed by atoms with E-state index in [4.69, 9.17) is 9.84 Å². The van der Waals surface area contributed by atoms with E-state index in [9.17, 15) is 15.3 Å². The van der Waals surface area contributed by atoms with Crippen molar-refractivity contribution in [3.05, 3.63) is 12.7 Å². The molecule has 0 amide bonds. The van der Waals surface area contributed by atoms with Crippen molar-refractivity contribution < 1.29 is 25.2 Å². The lowest BCUT2D eigenvalue weighted by Crippen LogP contribution is -2.57. The molecule has 0 aromatic carbocycles. The summed E-state index contributed by atoms with van der Waals surface area (Å²) in [5, 5.41) is 36.7. The smallest absolute Gasteiger partial charge is 0.112 e. The summed E-state index contributed by atoms with van der Waals surface area (Å²) >= 11 is 0. The Hall–Kier alpha value is -0.460. The highest BCUT2D eigenvalue weighted by atomic mass is 16.5. The molecule has 76 valence electrons. The molecule has 1 aliphatic rings. The van der Waals surface area contributed by atoms with Gasteiger partial charge in [0, 0.05) is 0 Å². The Morgan fingerprint density at radius 1 is 1.15 bits per heavy atom. The van der Waals surface area contributed by atoms with Crippen molar-refractivity contribution in [1.82, 2.24) is 0 Å². The Bertz CT molecular complexity index is 181. The summed E-state index contributed by atoms with van der Waals surface area (Å²) in [4.78, 5) is 0. The van der Waals surface area contributed by atoms with Gasteiger partial charge in [-0.05, 0) is 0 Å². The van der Waals surface area contributed by atoms with Crippen molar-refractivity contribution in [2.45, 2.75) is 30.5 Å². The van der Waals surface area contributed by atoms with E-state index in [0.717, 1.165) is 0 Å². The summed E-state index contributed by atoms with van der Waals surface area (Å²) in [5.41, 5.74) is 0. The molecule has 1 saturated heterocycles. The van der Waals surface area contributed by atoms with Crippen LogP contribution >= 0.6 is 0 Å². The van der Waals surface area contributed by atoms with Gasteiger partial charge in [0.05, 0.1) is 6.61 Å². The fourth-order valence-electron chi connectivity index (χ4n) is 1.33. The van der Waals surface area contributed by atoms with Gasteiger partial charge in [-0.25, -0.2) is 0 Å². The number of rotatable bonds is 2. The SMILES string of the molecule is C=C[C@H]1O[C@H](CO)[C@@H](O)[C@H](O)[C@H]1O. The van der Waals surface area contributed by atoms with E-state index in [1.165, 1.54) is 6.08 Å². The van der Waals surface area contributed by atoms with Crippen molar-refractivity contribution in [1.29, 1.82) is 0 Å². The third-order valence-corrected chi connectivity index (χ3v) is 2.16. The van der Waals surface area contributed by atoms with Gasteiger partial charge in [0.15, 0.2) is 0 Å². The fourth-order valence-corrected chi connectivity index (χ4v) is 1.33. The van der Waals surface area contributed by atoms with E-state index in [-0.39, 0.29) is 0 Å². The van der Waals surface area contributed by atoms with Crippen LogP contribution in [0.3, 0.4) is 0 Å². The van der Waals surface area contributed by atoms with Crippen LogP contribution in [-0.4, -0.2) is 57.6 Å². The van der Waals surface area contributed by atoms with Gasteiger partial charge >= 0.3 is 0 Å². The molecule has 0 spiro atoms. The molecule has 5 nitrogen and oxygen atoms in total. The molecule has 0 bridgehead atoms. The van der Waals surface area contributed by atoms with Crippen LogP contribution in [0.2, 0.25) is 0 Å². The summed E-state index contributed by atoms with van der Waals surface area (Å²) < 4.78 is 5.05. The van der Waals surface area contributed by atoms with Gasteiger partial charge < -0.3 is 25.2 Å². The quantitative estimate of drug-likeness (QED) is 0.379. The average Bonchev–Trinajstić information content (AvgIpc) is 2.15. The molecule has 13 heavy (non-hydrogen) atoms. The van der Waals surface area contributed by atoms with Crippen molar-refractivity contribution in [2.75, 3.05) is 6.61 Å². The molecular weight excluding hydrogens is 176 g/mol. The molecule has 0 aromatic heterocycles. The maximum atomic E-state index is 9.33.